The van der Waals surface area contributed by atoms with Gasteiger partial charge in [-0.3, -0.25) is 4.31 Å². The van der Waals surface area contributed by atoms with Gasteiger partial charge in [0.25, 0.3) is 0 Å². The highest BCUT2D eigenvalue weighted by molar-refractivity contribution is 7.92. The van der Waals surface area contributed by atoms with Crippen molar-refractivity contribution in [1.82, 2.24) is 0 Å². The predicted molar refractivity (Wildman–Crippen MR) is 70.8 cm³/mol. The van der Waals surface area contributed by atoms with E-state index < -0.39 is 10.0 Å². The molecule has 0 aliphatic heterocycles. The lowest BCUT2D eigenvalue weighted by atomic mass is 10.3. The molecule has 0 saturated heterocycles. The van der Waals surface area contributed by atoms with Gasteiger partial charge in [-0.25, -0.2) is 8.42 Å². The van der Waals surface area contributed by atoms with Crippen molar-refractivity contribution in [3.63, 3.8) is 0 Å². The van der Waals surface area contributed by atoms with Crippen LogP contribution < -0.4 is 10.0 Å². The fourth-order valence-corrected chi connectivity index (χ4v) is 3.41. The van der Waals surface area contributed by atoms with Crippen molar-refractivity contribution in [2.75, 3.05) is 22.8 Å². The number of sulfonamides is 1. The molecule has 17 heavy (non-hydrogen) atoms. The summed E-state index contributed by atoms with van der Waals surface area (Å²) in [6, 6.07) is 4.82. The van der Waals surface area contributed by atoms with Gasteiger partial charge in [-0.15, -0.1) is 0 Å². The average Bonchev–Trinajstić information content (AvgIpc) is 3.03. The maximum Gasteiger partial charge on any atom is 0.235 e. The van der Waals surface area contributed by atoms with Crippen molar-refractivity contribution < 1.29 is 8.42 Å². The summed E-state index contributed by atoms with van der Waals surface area (Å²) in [5.41, 5.74) is 6.62. The minimum Gasteiger partial charge on any atom is -0.397 e. The van der Waals surface area contributed by atoms with Crippen molar-refractivity contribution in [2.24, 2.45) is 5.92 Å². The molecule has 0 heterocycles. The molecule has 1 aliphatic carbocycles. The summed E-state index contributed by atoms with van der Waals surface area (Å²) in [5, 5.41) is 0.475. The molecular formula is C11H15ClN2O2S. The summed E-state index contributed by atoms with van der Waals surface area (Å²) >= 11 is 5.85. The zero-order chi connectivity index (χ0) is 12.6. The maximum atomic E-state index is 12.1. The lowest BCUT2D eigenvalue weighted by molar-refractivity contribution is 0.590. The van der Waals surface area contributed by atoms with Crippen molar-refractivity contribution in [3.8, 4) is 0 Å². The van der Waals surface area contributed by atoms with Crippen LogP contribution in [0, 0.1) is 5.92 Å². The van der Waals surface area contributed by atoms with Crippen LogP contribution in [0.3, 0.4) is 0 Å². The van der Waals surface area contributed by atoms with E-state index in [2.05, 4.69) is 0 Å². The summed E-state index contributed by atoms with van der Waals surface area (Å²) in [5.74, 6) is 0.498. The average molecular weight is 275 g/mol. The van der Waals surface area contributed by atoms with Crippen molar-refractivity contribution in [3.05, 3.63) is 23.2 Å². The normalized spacial score (nSPS) is 15.9. The van der Waals surface area contributed by atoms with Gasteiger partial charge in [0.2, 0.25) is 10.0 Å². The number of nitrogens with zero attached hydrogens (tertiary/aromatic N) is 1. The molecule has 1 aliphatic rings. The third-order valence-electron chi connectivity index (χ3n) is 2.89. The Hall–Kier alpha value is -0.940. The highest BCUT2D eigenvalue weighted by Gasteiger charge is 2.31. The Labute approximate surface area is 106 Å². The van der Waals surface area contributed by atoms with Crippen LogP contribution in [0.4, 0.5) is 11.4 Å². The second kappa shape index (κ2) is 4.38. The number of halogens is 1. The Bertz CT molecular complexity index is 526. The predicted octanol–water partition coefficient (Wildman–Crippen LogP) is 2.10. The van der Waals surface area contributed by atoms with Crippen molar-refractivity contribution in [1.29, 1.82) is 0 Å². The number of rotatable bonds is 4. The minimum absolute atomic E-state index is 0.190. The maximum absolute atomic E-state index is 12.1. The van der Waals surface area contributed by atoms with E-state index in [0.29, 0.717) is 22.3 Å². The number of nitrogens with two attached hydrogens (primary N) is 1. The second-order valence-corrected chi connectivity index (χ2v) is 6.87. The molecule has 6 heteroatoms. The molecule has 0 bridgehead atoms. The third kappa shape index (κ3) is 2.84. The molecule has 2 N–H and O–H groups in total. The highest BCUT2D eigenvalue weighted by atomic mass is 35.5. The summed E-state index contributed by atoms with van der Waals surface area (Å²) < 4.78 is 25.4. The first-order chi connectivity index (χ1) is 7.90. The van der Waals surface area contributed by atoms with Crippen LogP contribution >= 0.6 is 11.6 Å². The zero-order valence-electron chi connectivity index (χ0n) is 9.56. The zero-order valence-corrected chi connectivity index (χ0v) is 11.1. The summed E-state index contributed by atoms with van der Waals surface area (Å²) in [4.78, 5) is 0. The van der Waals surface area contributed by atoms with Gasteiger partial charge in [-0.1, -0.05) is 11.6 Å². The Balaban J connectivity index is 2.28. The standard InChI is InChI=1S/C11H15ClN2O2S/c1-14(17(15,16)7-8-2-3-8)11-6-9(12)4-5-10(11)13/h4-6,8H,2-3,7,13H2,1H3. The van der Waals surface area contributed by atoms with Crippen molar-refractivity contribution in [2.45, 2.75) is 12.8 Å². The van der Waals surface area contributed by atoms with Crippen LogP contribution in [-0.2, 0) is 10.0 Å². The van der Waals surface area contributed by atoms with Gasteiger partial charge in [0.1, 0.15) is 0 Å². The Morgan fingerprint density at radius 1 is 1.47 bits per heavy atom. The van der Waals surface area contributed by atoms with E-state index in [-0.39, 0.29) is 5.75 Å². The SMILES string of the molecule is CN(c1cc(Cl)ccc1N)S(=O)(=O)CC1CC1. The van der Waals surface area contributed by atoms with Gasteiger partial charge in [0, 0.05) is 12.1 Å². The first kappa shape index (κ1) is 12.5. The molecule has 0 unspecified atom stereocenters. The van der Waals surface area contributed by atoms with E-state index in [1.54, 1.807) is 18.2 Å². The Morgan fingerprint density at radius 2 is 2.12 bits per heavy atom. The minimum atomic E-state index is -3.29. The van der Waals surface area contributed by atoms with E-state index in [4.69, 9.17) is 17.3 Å². The molecule has 0 atom stereocenters. The number of hydrogen-bond acceptors (Lipinski definition) is 3. The van der Waals surface area contributed by atoms with Gasteiger partial charge in [-0.2, -0.15) is 0 Å². The van der Waals surface area contributed by atoms with Crippen LogP contribution in [0.5, 0.6) is 0 Å². The van der Waals surface area contributed by atoms with E-state index in [9.17, 15) is 8.42 Å². The second-order valence-electron chi connectivity index (χ2n) is 4.39. The lowest BCUT2D eigenvalue weighted by Crippen LogP contribution is -2.30. The molecule has 2 rings (SSSR count). The molecule has 4 nitrogen and oxygen atoms in total. The Kier molecular flexibility index (Phi) is 3.23. The van der Waals surface area contributed by atoms with Gasteiger partial charge in [0.05, 0.1) is 17.1 Å². The number of nitrogen functional groups attached to an aromatic ring is 1. The molecule has 1 aromatic rings. The first-order valence-corrected chi connectivity index (χ1v) is 7.40. The molecular weight excluding hydrogens is 260 g/mol. The van der Waals surface area contributed by atoms with Crippen LogP contribution in [0.25, 0.3) is 0 Å². The van der Waals surface area contributed by atoms with Gasteiger partial charge in [0.15, 0.2) is 0 Å². The van der Waals surface area contributed by atoms with Crippen molar-refractivity contribution >= 4 is 33.0 Å². The molecule has 1 aromatic carbocycles. The van der Waals surface area contributed by atoms with Crippen LogP contribution in [0.15, 0.2) is 18.2 Å². The van der Waals surface area contributed by atoms with E-state index >= 15 is 0 Å². The monoisotopic (exact) mass is 274 g/mol. The molecule has 0 radical (unpaired) electrons. The summed E-state index contributed by atoms with van der Waals surface area (Å²) in [6.07, 6.45) is 2.00. The Morgan fingerprint density at radius 3 is 2.71 bits per heavy atom. The molecule has 94 valence electrons. The molecule has 1 fully saturated rings. The van der Waals surface area contributed by atoms with Crippen LogP contribution in [-0.4, -0.2) is 21.2 Å². The molecule has 1 saturated carbocycles. The smallest absolute Gasteiger partial charge is 0.235 e. The van der Waals surface area contributed by atoms with Gasteiger partial charge in [-0.05, 0) is 37.0 Å². The van der Waals surface area contributed by atoms with Crippen LogP contribution in [0.1, 0.15) is 12.8 Å². The summed E-state index contributed by atoms with van der Waals surface area (Å²) in [7, 11) is -1.78. The summed E-state index contributed by atoms with van der Waals surface area (Å²) in [6.45, 7) is 0. The first-order valence-electron chi connectivity index (χ1n) is 5.42. The number of benzene rings is 1. The topological polar surface area (TPSA) is 63.4 Å². The van der Waals surface area contributed by atoms with Crippen LogP contribution in [0.2, 0.25) is 5.02 Å². The fourth-order valence-electron chi connectivity index (χ4n) is 1.63. The molecule has 0 aromatic heterocycles. The fraction of sp³-hybridized carbons (Fsp3) is 0.455. The number of anilines is 2. The molecule has 0 amide bonds. The molecule has 0 spiro atoms. The van der Waals surface area contributed by atoms with Gasteiger partial charge < -0.3 is 5.73 Å². The lowest BCUT2D eigenvalue weighted by Gasteiger charge is -2.21. The number of hydrogen-bond donors (Lipinski definition) is 1. The van der Waals surface area contributed by atoms with Gasteiger partial charge >= 0.3 is 0 Å². The third-order valence-corrected chi connectivity index (χ3v) is 5.05. The highest BCUT2D eigenvalue weighted by Crippen LogP contribution is 2.33. The van der Waals surface area contributed by atoms with E-state index in [1.807, 2.05) is 0 Å². The van der Waals surface area contributed by atoms with E-state index in [0.717, 1.165) is 12.8 Å². The largest absolute Gasteiger partial charge is 0.397 e. The van der Waals surface area contributed by atoms with E-state index in [1.165, 1.54) is 11.4 Å². The quantitative estimate of drug-likeness (QED) is 0.855.